The van der Waals surface area contributed by atoms with E-state index in [1.165, 1.54) is 19.3 Å². The highest BCUT2D eigenvalue weighted by atomic mass is 16.6. The molecule has 18 heavy (non-hydrogen) atoms. The fourth-order valence-electron chi connectivity index (χ4n) is 5.15. The molecule has 1 heterocycles. The van der Waals surface area contributed by atoms with Gasteiger partial charge in [-0.3, -0.25) is 4.79 Å². The van der Waals surface area contributed by atoms with Gasteiger partial charge in [0.05, 0.1) is 6.42 Å². The molecule has 102 valence electrons. The van der Waals surface area contributed by atoms with Crippen LogP contribution in [0.2, 0.25) is 0 Å². The molecule has 3 rings (SSSR count). The van der Waals surface area contributed by atoms with Crippen molar-refractivity contribution in [2.24, 2.45) is 29.1 Å². The molecule has 0 radical (unpaired) electrons. The van der Waals surface area contributed by atoms with Crippen LogP contribution in [0.1, 0.15) is 59.8 Å². The fourth-order valence-corrected chi connectivity index (χ4v) is 5.15. The first-order chi connectivity index (χ1) is 8.33. The molecule has 0 aromatic carbocycles. The summed E-state index contributed by atoms with van der Waals surface area (Å²) in [6, 6.07) is 0. The van der Waals surface area contributed by atoms with Gasteiger partial charge in [-0.25, -0.2) is 0 Å². The van der Waals surface area contributed by atoms with E-state index < -0.39 is 0 Å². The largest absolute Gasteiger partial charge is 0.459 e. The van der Waals surface area contributed by atoms with Crippen molar-refractivity contribution in [2.45, 2.75) is 65.4 Å². The average Bonchev–Trinajstić information content (AvgIpc) is 2.57. The molecule has 5 atom stereocenters. The van der Waals surface area contributed by atoms with Gasteiger partial charge in [-0.2, -0.15) is 0 Å². The summed E-state index contributed by atoms with van der Waals surface area (Å²) in [5.41, 5.74) is 0.296. The summed E-state index contributed by atoms with van der Waals surface area (Å²) in [5.74, 6) is 2.74. The minimum Gasteiger partial charge on any atom is -0.459 e. The normalized spacial score (nSPS) is 50.3. The third-order valence-electron chi connectivity index (χ3n) is 6.30. The number of rotatable bonds is 0. The SMILES string of the molecule is CC1CCC(C)(C)C2CCC3(C)OC(=O)CC3C12. The number of hydrogen-bond acceptors (Lipinski definition) is 2. The first-order valence-electron chi connectivity index (χ1n) is 7.55. The second-order valence-electron chi connectivity index (χ2n) is 7.82. The van der Waals surface area contributed by atoms with E-state index in [9.17, 15) is 4.79 Å². The summed E-state index contributed by atoms with van der Waals surface area (Å²) in [6.07, 6.45) is 5.63. The van der Waals surface area contributed by atoms with Gasteiger partial charge in [-0.1, -0.05) is 20.8 Å². The average molecular weight is 250 g/mol. The Hall–Kier alpha value is -0.530. The van der Waals surface area contributed by atoms with Crippen molar-refractivity contribution >= 4 is 5.97 Å². The summed E-state index contributed by atoms with van der Waals surface area (Å²) in [5, 5.41) is 0. The van der Waals surface area contributed by atoms with Gasteiger partial charge in [0.1, 0.15) is 5.60 Å². The van der Waals surface area contributed by atoms with E-state index in [4.69, 9.17) is 4.74 Å². The Morgan fingerprint density at radius 3 is 2.56 bits per heavy atom. The van der Waals surface area contributed by atoms with Crippen molar-refractivity contribution in [3.63, 3.8) is 0 Å². The molecule has 5 unspecified atom stereocenters. The Morgan fingerprint density at radius 2 is 1.83 bits per heavy atom. The van der Waals surface area contributed by atoms with Crippen LogP contribution in [0.15, 0.2) is 0 Å². The zero-order valence-electron chi connectivity index (χ0n) is 12.2. The van der Waals surface area contributed by atoms with E-state index in [0.29, 0.717) is 23.7 Å². The molecule has 0 N–H and O–H groups in total. The Bertz CT molecular complexity index is 373. The maximum absolute atomic E-state index is 11.7. The van der Waals surface area contributed by atoms with E-state index in [1.54, 1.807) is 0 Å². The maximum atomic E-state index is 11.7. The van der Waals surface area contributed by atoms with Gasteiger partial charge in [0.15, 0.2) is 0 Å². The predicted molar refractivity (Wildman–Crippen MR) is 71.0 cm³/mol. The summed E-state index contributed by atoms with van der Waals surface area (Å²) in [6.45, 7) is 9.42. The minimum atomic E-state index is -0.153. The Kier molecular flexibility index (Phi) is 2.60. The minimum absolute atomic E-state index is 0.0405. The third-order valence-corrected chi connectivity index (χ3v) is 6.30. The van der Waals surface area contributed by atoms with Crippen molar-refractivity contribution in [2.75, 3.05) is 0 Å². The topological polar surface area (TPSA) is 26.3 Å². The van der Waals surface area contributed by atoms with Gasteiger partial charge < -0.3 is 4.74 Å². The van der Waals surface area contributed by atoms with E-state index >= 15 is 0 Å². The standard InChI is InChI=1S/C16H26O2/c1-10-5-7-15(2,3)11-6-8-16(4)12(14(10)11)9-13(17)18-16/h10-12,14H,5-9H2,1-4H3. The molecule has 1 saturated heterocycles. The molecule has 0 spiro atoms. The number of carbonyl (C=O) groups is 1. The van der Waals surface area contributed by atoms with Crippen LogP contribution in [0.5, 0.6) is 0 Å². The number of ether oxygens (including phenoxy) is 1. The third kappa shape index (κ3) is 1.64. The molecular formula is C16H26O2. The van der Waals surface area contributed by atoms with Gasteiger partial charge >= 0.3 is 5.97 Å². The number of esters is 1. The second kappa shape index (κ2) is 3.74. The van der Waals surface area contributed by atoms with Crippen LogP contribution in [0.4, 0.5) is 0 Å². The molecule has 2 heteroatoms. The van der Waals surface area contributed by atoms with Gasteiger partial charge in [-0.05, 0) is 55.8 Å². The van der Waals surface area contributed by atoms with Gasteiger partial charge in [0, 0.05) is 5.92 Å². The van der Waals surface area contributed by atoms with Crippen LogP contribution in [0.3, 0.4) is 0 Å². The van der Waals surface area contributed by atoms with Gasteiger partial charge in [0.2, 0.25) is 0 Å². The van der Waals surface area contributed by atoms with Crippen LogP contribution in [0.25, 0.3) is 0 Å². The summed E-state index contributed by atoms with van der Waals surface area (Å²) in [4.78, 5) is 11.7. The highest BCUT2D eigenvalue weighted by molar-refractivity contribution is 5.73. The highest BCUT2D eigenvalue weighted by Crippen LogP contribution is 2.60. The van der Waals surface area contributed by atoms with E-state index in [1.807, 2.05) is 0 Å². The van der Waals surface area contributed by atoms with Crippen LogP contribution in [-0.2, 0) is 9.53 Å². The molecule has 3 fully saturated rings. The molecule has 2 aliphatic carbocycles. The predicted octanol–water partition coefficient (Wildman–Crippen LogP) is 3.79. The molecule has 2 nitrogen and oxygen atoms in total. The molecule has 0 aromatic rings. The summed E-state index contributed by atoms with van der Waals surface area (Å²) in [7, 11) is 0. The molecule has 3 aliphatic rings. The first kappa shape index (κ1) is 12.5. The lowest BCUT2D eigenvalue weighted by molar-refractivity contribution is -0.156. The van der Waals surface area contributed by atoms with Crippen LogP contribution in [0, 0.1) is 29.1 Å². The lowest BCUT2D eigenvalue weighted by Gasteiger charge is -2.55. The molecule has 0 amide bonds. The highest BCUT2D eigenvalue weighted by Gasteiger charge is 2.58. The number of carbonyl (C=O) groups excluding carboxylic acids is 1. The second-order valence-corrected chi connectivity index (χ2v) is 7.82. The fraction of sp³-hybridized carbons (Fsp3) is 0.938. The summed E-state index contributed by atoms with van der Waals surface area (Å²) >= 11 is 0. The quantitative estimate of drug-likeness (QED) is 0.611. The van der Waals surface area contributed by atoms with Crippen LogP contribution in [-0.4, -0.2) is 11.6 Å². The maximum Gasteiger partial charge on any atom is 0.306 e. The Balaban J connectivity index is 1.95. The Morgan fingerprint density at radius 1 is 1.11 bits per heavy atom. The van der Waals surface area contributed by atoms with E-state index in [2.05, 4.69) is 27.7 Å². The Labute approximate surface area is 110 Å². The lowest BCUT2D eigenvalue weighted by atomic mass is 9.50. The smallest absolute Gasteiger partial charge is 0.306 e. The van der Waals surface area contributed by atoms with Crippen molar-refractivity contribution < 1.29 is 9.53 Å². The summed E-state index contributed by atoms with van der Waals surface area (Å²) < 4.78 is 5.68. The van der Waals surface area contributed by atoms with E-state index in [-0.39, 0.29) is 11.6 Å². The number of hydrogen-bond donors (Lipinski definition) is 0. The zero-order valence-corrected chi connectivity index (χ0v) is 12.2. The van der Waals surface area contributed by atoms with Crippen molar-refractivity contribution in [1.82, 2.24) is 0 Å². The molecule has 1 aliphatic heterocycles. The first-order valence-corrected chi connectivity index (χ1v) is 7.55. The van der Waals surface area contributed by atoms with Gasteiger partial charge in [0.25, 0.3) is 0 Å². The van der Waals surface area contributed by atoms with Gasteiger partial charge in [-0.15, -0.1) is 0 Å². The molecule has 2 saturated carbocycles. The number of fused-ring (bicyclic) bond motifs is 3. The zero-order chi connectivity index (χ0) is 13.1. The van der Waals surface area contributed by atoms with Crippen LogP contribution < -0.4 is 0 Å². The van der Waals surface area contributed by atoms with Crippen molar-refractivity contribution in [1.29, 1.82) is 0 Å². The molecular weight excluding hydrogens is 224 g/mol. The molecule has 0 bridgehead atoms. The van der Waals surface area contributed by atoms with Crippen molar-refractivity contribution in [3.8, 4) is 0 Å². The monoisotopic (exact) mass is 250 g/mol. The lowest BCUT2D eigenvalue weighted by Crippen LogP contribution is -2.52. The van der Waals surface area contributed by atoms with Crippen molar-refractivity contribution in [3.05, 3.63) is 0 Å². The van der Waals surface area contributed by atoms with E-state index in [0.717, 1.165) is 18.3 Å². The molecule has 0 aromatic heterocycles. The van der Waals surface area contributed by atoms with Crippen LogP contribution >= 0.6 is 0 Å².